The summed E-state index contributed by atoms with van der Waals surface area (Å²) in [4.78, 5) is 20.8. The van der Waals surface area contributed by atoms with Gasteiger partial charge in [0.05, 0.1) is 0 Å². The number of carbonyl (C=O) groups excluding carboxylic acids is 2. The van der Waals surface area contributed by atoms with Gasteiger partial charge in [0.25, 0.3) is 6.29 Å². The van der Waals surface area contributed by atoms with Gasteiger partial charge in [-0.2, -0.15) is 0 Å². The maximum absolute atomic E-state index is 10.4. The minimum absolute atomic E-state index is 0.545. The average Bonchev–Trinajstić information content (AvgIpc) is 1.84. The number of hydrogen-bond acceptors (Lipinski definition) is 4. The van der Waals surface area contributed by atoms with Crippen LogP contribution < -0.4 is 0 Å². The fourth-order valence-corrected chi connectivity index (χ4v) is 0.608. The van der Waals surface area contributed by atoms with Gasteiger partial charge < -0.3 is 9.47 Å². The summed E-state index contributed by atoms with van der Waals surface area (Å²) in [5, 5.41) is 0. The zero-order valence-corrected chi connectivity index (χ0v) is 7.50. The maximum Gasteiger partial charge on any atom is 0.305 e. The van der Waals surface area contributed by atoms with Crippen molar-refractivity contribution in [1.82, 2.24) is 0 Å². The molecule has 0 aliphatic heterocycles. The summed E-state index contributed by atoms with van der Waals surface area (Å²) in [7, 11) is 0. The monoisotopic (exact) mass is 192 g/mol. The van der Waals surface area contributed by atoms with E-state index >= 15 is 0 Å². The molecule has 0 radical (unpaired) electrons. The first-order chi connectivity index (χ1) is 5.56. The summed E-state index contributed by atoms with van der Waals surface area (Å²) in [6.45, 7) is 2.41. The normalized spacial score (nSPS) is 10.3. The summed E-state index contributed by atoms with van der Waals surface area (Å²) < 4.78 is 9.10. The molecule has 0 heterocycles. The molecule has 68 valence electrons. The second-order valence-corrected chi connectivity index (χ2v) is 2.16. The Labute approximate surface area is 75.1 Å². The zero-order chi connectivity index (χ0) is 9.56. The Morgan fingerprint density at radius 3 is 1.92 bits per heavy atom. The molecule has 0 aromatic rings. The molecular weight excluding hydrogens is 184 g/mol. The van der Waals surface area contributed by atoms with Gasteiger partial charge in [-0.05, 0) is 0 Å². The van der Waals surface area contributed by atoms with E-state index in [4.69, 9.17) is 11.6 Å². The van der Waals surface area contributed by atoms with Crippen molar-refractivity contribution in [2.45, 2.75) is 20.1 Å². The predicted molar refractivity (Wildman–Crippen MR) is 42.3 cm³/mol. The molecule has 0 fully saturated rings. The standard InChI is InChI=1S/C7H9ClO4/c1-5(9)11-7(3-4-8)12-6(2)10/h3-4,7H,1-2H3. The van der Waals surface area contributed by atoms with Gasteiger partial charge in [-0.3, -0.25) is 9.59 Å². The first kappa shape index (κ1) is 11.0. The summed E-state index contributed by atoms with van der Waals surface area (Å²) in [5.74, 6) is -1.09. The van der Waals surface area contributed by atoms with Crippen molar-refractivity contribution in [2.24, 2.45) is 0 Å². The van der Waals surface area contributed by atoms with E-state index < -0.39 is 18.2 Å². The lowest BCUT2D eigenvalue weighted by Crippen LogP contribution is -2.19. The smallest absolute Gasteiger partial charge is 0.305 e. The van der Waals surface area contributed by atoms with Crippen LogP contribution in [0.5, 0.6) is 0 Å². The van der Waals surface area contributed by atoms with Gasteiger partial charge >= 0.3 is 11.9 Å². The highest BCUT2D eigenvalue weighted by molar-refractivity contribution is 6.25. The summed E-state index contributed by atoms with van der Waals surface area (Å²) >= 11 is 5.20. The van der Waals surface area contributed by atoms with E-state index in [1.165, 1.54) is 19.9 Å². The van der Waals surface area contributed by atoms with Gasteiger partial charge in [0, 0.05) is 25.5 Å². The third kappa shape index (κ3) is 5.73. The molecule has 0 atom stereocenters. The zero-order valence-electron chi connectivity index (χ0n) is 6.74. The van der Waals surface area contributed by atoms with Crippen LogP contribution in [0.15, 0.2) is 11.6 Å². The number of ether oxygens (including phenoxy) is 2. The lowest BCUT2D eigenvalue weighted by atomic mass is 10.6. The lowest BCUT2D eigenvalue weighted by molar-refractivity contribution is -0.176. The van der Waals surface area contributed by atoms with Crippen LogP contribution in [-0.2, 0) is 19.1 Å². The molecule has 5 heteroatoms. The molecule has 0 bridgehead atoms. The molecule has 0 aromatic carbocycles. The molecule has 0 unspecified atom stereocenters. The fraction of sp³-hybridized carbons (Fsp3) is 0.429. The van der Waals surface area contributed by atoms with E-state index in [1.54, 1.807) is 0 Å². The highest BCUT2D eigenvalue weighted by Crippen LogP contribution is 1.99. The average molecular weight is 193 g/mol. The molecule has 4 nitrogen and oxygen atoms in total. The van der Waals surface area contributed by atoms with Crippen molar-refractivity contribution in [1.29, 1.82) is 0 Å². The first-order valence-electron chi connectivity index (χ1n) is 3.17. The van der Waals surface area contributed by atoms with E-state index in [0.717, 1.165) is 5.54 Å². The van der Waals surface area contributed by atoms with Crippen LogP contribution >= 0.6 is 11.6 Å². The van der Waals surface area contributed by atoms with Crippen molar-refractivity contribution in [3.8, 4) is 0 Å². The van der Waals surface area contributed by atoms with Crippen LogP contribution in [0.25, 0.3) is 0 Å². The maximum atomic E-state index is 10.4. The van der Waals surface area contributed by atoms with Crippen LogP contribution in [0, 0.1) is 0 Å². The van der Waals surface area contributed by atoms with Crippen LogP contribution in [0.3, 0.4) is 0 Å². The summed E-state index contributed by atoms with van der Waals surface area (Å²) in [6, 6.07) is 0. The van der Waals surface area contributed by atoms with Crippen molar-refractivity contribution < 1.29 is 19.1 Å². The van der Waals surface area contributed by atoms with Crippen molar-refractivity contribution >= 4 is 23.5 Å². The SMILES string of the molecule is CC(=O)OC(C=CCl)OC(C)=O. The Morgan fingerprint density at radius 1 is 1.25 bits per heavy atom. The Morgan fingerprint density at radius 2 is 1.67 bits per heavy atom. The van der Waals surface area contributed by atoms with Gasteiger partial charge in [0.1, 0.15) is 0 Å². The molecule has 0 saturated heterocycles. The number of carbonyl (C=O) groups is 2. The summed E-state index contributed by atoms with van der Waals surface area (Å²) in [5.41, 5.74) is 1.11. The van der Waals surface area contributed by atoms with E-state index in [-0.39, 0.29) is 0 Å². The van der Waals surface area contributed by atoms with Gasteiger partial charge in [0.2, 0.25) is 0 Å². The Balaban J connectivity index is 4.03. The lowest BCUT2D eigenvalue weighted by Gasteiger charge is -2.11. The Hall–Kier alpha value is -1.03. The topological polar surface area (TPSA) is 52.6 Å². The number of esters is 2. The minimum atomic E-state index is -1.03. The fourth-order valence-electron chi connectivity index (χ4n) is 0.489. The Bertz CT molecular complexity index is 184. The molecular formula is C7H9ClO4. The van der Waals surface area contributed by atoms with Gasteiger partial charge in [-0.25, -0.2) is 0 Å². The van der Waals surface area contributed by atoms with Crippen LogP contribution in [0.2, 0.25) is 0 Å². The third-order valence-corrected chi connectivity index (χ3v) is 0.940. The van der Waals surface area contributed by atoms with Gasteiger partial charge in [-0.15, -0.1) is 0 Å². The number of hydrogen-bond donors (Lipinski definition) is 0. The van der Waals surface area contributed by atoms with E-state index in [2.05, 4.69) is 9.47 Å². The molecule has 0 rings (SSSR count). The van der Waals surface area contributed by atoms with Crippen LogP contribution in [-0.4, -0.2) is 18.2 Å². The molecule has 0 spiro atoms. The van der Waals surface area contributed by atoms with Crippen molar-refractivity contribution in [3.63, 3.8) is 0 Å². The molecule has 12 heavy (non-hydrogen) atoms. The van der Waals surface area contributed by atoms with Gasteiger partial charge in [0.15, 0.2) is 0 Å². The van der Waals surface area contributed by atoms with Crippen LogP contribution in [0.4, 0.5) is 0 Å². The number of halogens is 1. The number of rotatable bonds is 3. The largest absolute Gasteiger partial charge is 0.421 e. The van der Waals surface area contributed by atoms with Gasteiger partial charge in [-0.1, -0.05) is 11.6 Å². The highest BCUT2D eigenvalue weighted by Gasteiger charge is 2.10. The quantitative estimate of drug-likeness (QED) is 0.498. The molecule has 0 aliphatic carbocycles. The Kier molecular flexibility index (Phi) is 5.12. The molecule has 0 N–H and O–H groups in total. The molecule has 0 saturated carbocycles. The summed E-state index contributed by atoms with van der Waals surface area (Å²) in [6.07, 6.45) is 0.210. The molecule has 0 amide bonds. The highest BCUT2D eigenvalue weighted by atomic mass is 35.5. The van der Waals surface area contributed by atoms with E-state index in [9.17, 15) is 9.59 Å². The van der Waals surface area contributed by atoms with Crippen LogP contribution in [0.1, 0.15) is 13.8 Å². The minimum Gasteiger partial charge on any atom is -0.421 e. The first-order valence-corrected chi connectivity index (χ1v) is 3.61. The molecule has 0 aliphatic rings. The second kappa shape index (κ2) is 5.60. The van der Waals surface area contributed by atoms with E-state index in [0.29, 0.717) is 0 Å². The third-order valence-electron chi connectivity index (χ3n) is 0.794. The molecule has 0 aromatic heterocycles. The van der Waals surface area contributed by atoms with E-state index in [1.807, 2.05) is 0 Å². The predicted octanol–water partition coefficient (Wildman–Crippen LogP) is 1.19. The second-order valence-electron chi connectivity index (χ2n) is 1.91. The van der Waals surface area contributed by atoms with Crippen molar-refractivity contribution in [3.05, 3.63) is 11.6 Å². The van der Waals surface area contributed by atoms with Crippen molar-refractivity contribution in [2.75, 3.05) is 0 Å².